The molecule has 2 rings (SSSR count). The van der Waals surface area contributed by atoms with Crippen molar-refractivity contribution < 1.29 is 9.47 Å². The lowest BCUT2D eigenvalue weighted by Crippen LogP contribution is -2.10. The average molecular weight is 326 g/mol. The molecule has 0 aliphatic carbocycles. The van der Waals surface area contributed by atoms with E-state index in [1.54, 1.807) is 31.3 Å². The van der Waals surface area contributed by atoms with E-state index in [0.717, 1.165) is 18.6 Å². The SMILES string of the molecule is CC(=N)c1ccc(OCCCCOc2ccc(C(=N)N)cc2)cn1. The first-order chi connectivity index (χ1) is 11.6. The molecular formula is C18H22N4O2. The molecule has 0 aliphatic heterocycles. The zero-order valence-electron chi connectivity index (χ0n) is 13.7. The molecule has 0 spiro atoms. The van der Waals surface area contributed by atoms with Crippen molar-refractivity contribution in [1.82, 2.24) is 4.98 Å². The van der Waals surface area contributed by atoms with Crippen molar-refractivity contribution in [2.75, 3.05) is 13.2 Å². The normalized spacial score (nSPS) is 10.2. The molecule has 1 aromatic heterocycles. The Labute approximate surface area is 141 Å². The maximum Gasteiger partial charge on any atom is 0.137 e. The number of amidine groups is 1. The lowest BCUT2D eigenvalue weighted by molar-refractivity contribution is 0.266. The summed E-state index contributed by atoms with van der Waals surface area (Å²) in [6, 6.07) is 10.8. The summed E-state index contributed by atoms with van der Waals surface area (Å²) in [5.74, 6) is 1.53. The van der Waals surface area contributed by atoms with E-state index in [-0.39, 0.29) is 5.84 Å². The highest BCUT2D eigenvalue weighted by Gasteiger charge is 2.00. The molecule has 0 radical (unpaired) electrons. The van der Waals surface area contributed by atoms with Crippen LogP contribution in [0.3, 0.4) is 0 Å². The number of aromatic nitrogens is 1. The number of unbranched alkanes of at least 4 members (excludes halogenated alkanes) is 1. The Hall–Kier alpha value is -2.89. The van der Waals surface area contributed by atoms with Gasteiger partial charge in [0, 0.05) is 5.56 Å². The number of pyridine rings is 1. The van der Waals surface area contributed by atoms with Gasteiger partial charge in [-0.15, -0.1) is 0 Å². The monoisotopic (exact) mass is 326 g/mol. The Balaban J connectivity index is 1.62. The molecule has 0 unspecified atom stereocenters. The van der Waals surface area contributed by atoms with Crippen molar-refractivity contribution in [3.63, 3.8) is 0 Å². The van der Waals surface area contributed by atoms with Gasteiger partial charge in [-0.1, -0.05) is 0 Å². The Kier molecular flexibility index (Phi) is 6.31. The summed E-state index contributed by atoms with van der Waals surface area (Å²) in [5, 5.41) is 14.8. The number of nitrogens with two attached hydrogens (primary N) is 1. The third-order valence-electron chi connectivity index (χ3n) is 3.36. The molecule has 1 heterocycles. The number of rotatable bonds is 9. The van der Waals surface area contributed by atoms with Crippen molar-refractivity contribution in [1.29, 1.82) is 10.8 Å². The predicted molar refractivity (Wildman–Crippen MR) is 94.4 cm³/mol. The van der Waals surface area contributed by atoms with Gasteiger partial charge in [-0.05, 0) is 56.2 Å². The fraction of sp³-hybridized carbons (Fsp3) is 0.278. The zero-order valence-corrected chi connectivity index (χ0v) is 13.7. The maximum atomic E-state index is 7.49. The van der Waals surface area contributed by atoms with Crippen LogP contribution in [-0.4, -0.2) is 29.7 Å². The summed E-state index contributed by atoms with van der Waals surface area (Å²) in [5.41, 5.74) is 7.19. The molecule has 1 aromatic carbocycles. The maximum absolute atomic E-state index is 7.49. The second-order valence-electron chi connectivity index (χ2n) is 5.35. The molecule has 0 amide bonds. The summed E-state index contributed by atoms with van der Waals surface area (Å²) < 4.78 is 11.2. The summed E-state index contributed by atoms with van der Waals surface area (Å²) in [7, 11) is 0. The number of hydrogen-bond donors (Lipinski definition) is 3. The van der Waals surface area contributed by atoms with Crippen LogP contribution >= 0.6 is 0 Å². The molecule has 0 saturated carbocycles. The van der Waals surface area contributed by atoms with Crippen LogP contribution in [0.15, 0.2) is 42.6 Å². The van der Waals surface area contributed by atoms with Gasteiger partial charge in [0.15, 0.2) is 0 Å². The standard InChI is InChI=1S/C18H22N4O2/c1-13(19)17-9-8-16(12-22-17)24-11-3-2-10-23-15-6-4-14(5-7-15)18(20)21/h4-9,12,19H,2-3,10-11H2,1H3,(H3,20,21). The molecule has 4 N–H and O–H groups in total. The fourth-order valence-corrected chi connectivity index (χ4v) is 2.00. The first-order valence-electron chi connectivity index (χ1n) is 7.78. The van der Waals surface area contributed by atoms with Gasteiger partial charge in [-0.25, -0.2) is 0 Å². The highest BCUT2D eigenvalue weighted by molar-refractivity contribution is 5.95. The van der Waals surface area contributed by atoms with Gasteiger partial charge in [0.05, 0.1) is 30.8 Å². The van der Waals surface area contributed by atoms with Crippen LogP contribution < -0.4 is 15.2 Å². The molecule has 2 aromatic rings. The van der Waals surface area contributed by atoms with Crippen molar-refractivity contribution in [2.45, 2.75) is 19.8 Å². The van der Waals surface area contributed by atoms with Crippen LogP contribution in [0.2, 0.25) is 0 Å². The van der Waals surface area contributed by atoms with Gasteiger partial charge >= 0.3 is 0 Å². The Morgan fingerprint density at radius 1 is 0.958 bits per heavy atom. The molecule has 0 bridgehead atoms. The van der Waals surface area contributed by atoms with E-state index in [0.29, 0.717) is 35.9 Å². The van der Waals surface area contributed by atoms with Crippen LogP contribution in [0, 0.1) is 10.8 Å². The van der Waals surface area contributed by atoms with E-state index in [9.17, 15) is 0 Å². The van der Waals surface area contributed by atoms with E-state index < -0.39 is 0 Å². The van der Waals surface area contributed by atoms with E-state index in [4.69, 9.17) is 26.0 Å². The number of ether oxygens (including phenoxy) is 2. The van der Waals surface area contributed by atoms with Gasteiger partial charge in [0.25, 0.3) is 0 Å². The van der Waals surface area contributed by atoms with E-state index in [1.807, 2.05) is 18.2 Å². The number of nitrogens with one attached hydrogen (secondary N) is 2. The molecule has 0 atom stereocenters. The van der Waals surface area contributed by atoms with Crippen LogP contribution in [0.1, 0.15) is 31.0 Å². The average Bonchev–Trinajstić information content (AvgIpc) is 2.58. The van der Waals surface area contributed by atoms with Crippen molar-refractivity contribution in [2.24, 2.45) is 5.73 Å². The van der Waals surface area contributed by atoms with Gasteiger partial charge < -0.3 is 20.6 Å². The first-order valence-corrected chi connectivity index (χ1v) is 7.78. The van der Waals surface area contributed by atoms with E-state index >= 15 is 0 Å². The lowest BCUT2D eigenvalue weighted by Gasteiger charge is -2.08. The minimum atomic E-state index is 0.0528. The van der Waals surface area contributed by atoms with Crippen LogP contribution in [0.4, 0.5) is 0 Å². The van der Waals surface area contributed by atoms with Gasteiger partial charge in [0.1, 0.15) is 17.3 Å². The third kappa shape index (κ3) is 5.39. The summed E-state index contributed by atoms with van der Waals surface area (Å²) in [6.07, 6.45) is 3.39. The second-order valence-corrected chi connectivity index (χ2v) is 5.35. The van der Waals surface area contributed by atoms with E-state index in [1.165, 1.54) is 0 Å². The minimum absolute atomic E-state index is 0.0528. The van der Waals surface area contributed by atoms with Crippen molar-refractivity contribution in [3.8, 4) is 11.5 Å². The molecule has 6 nitrogen and oxygen atoms in total. The lowest BCUT2D eigenvalue weighted by atomic mass is 10.2. The largest absolute Gasteiger partial charge is 0.494 e. The Bertz CT molecular complexity index is 620. The zero-order chi connectivity index (χ0) is 17.4. The molecule has 24 heavy (non-hydrogen) atoms. The van der Waals surface area contributed by atoms with Crippen molar-refractivity contribution >= 4 is 11.5 Å². The smallest absolute Gasteiger partial charge is 0.137 e. The Morgan fingerprint density at radius 2 is 1.54 bits per heavy atom. The predicted octanol–water partition coefficient (Wildman–Crippen LogP) is 2.99. The highest BCUT2D eigenvalue weighted by Crippen LogP contribution is 2.13. The number of benzene rings is 1. The first kappa shape index (κ1) is 17.5. The fourth-order valence-electron chi connectivity index (χ4n) is 2.00. The van der Waals surface area contributed by atoms with Gasteiger partial charge in [0.2, 0.25) is 0 Å². The summed E-state index contributed by atoms with van der Waals surface area (Å²) in [4.78, 5) is 4.15. The Morgan fingerprint density at radius 3 is 2.04 bits per heavy atom. The number of hydrogen-bond acceptors (Lipinski definition) is 5. The van der Waals surface area contributed by atoms with E-state index in [2.05, 4.69) is 4.98 Å². The molecule has 0 aliphatic rings. The molecule has 0 saturated heterocycles. The second kappa shape index (κ2) is 8.67. The molecule has 6 heteroatoms. The molecule has 0 fully saturated rings. The number of nitrogens with zero attached hydrogens (tertiary/aromatic N) is 1. The molecule has 126 valence electrons. The number of nitrogen functional groups attached to an aromatic ring is 1. The molecular weight excluding hydrogens is 304 g/mol. The highest BCUT2D eigenvalue weighted by atomic mass is 16.5. The topological polar surface area (TPSA) is 105 Å². The quantitative estimate of drug-likeness (QED) is 0.374. The van der Waals surface area contributed by atoms with Crippen LogP contribution in [0.5, 0.6) is 11.5 Å². The van der Waals surface area contributed by atoms with Crippen LogP contribution in [-0.2, 0) is 0 Å². The van der Waals surface area contributed by atoms with Crippen LogP contribution in [0.25, 0.3) is 0 Å². The summed E-state index contributed by atoms with van der Waals surface area (Å²) >= 11 is 0. The minimum Gasteiger partial charge on any atom is -0.494 e. The van der Waals surface area contributed by atoms with Gasteiger partial charge in [-0.2, -0.15) is 0 Å². The third-order valence-corrected chi connectivity index (χ3v) is 3.36. The van der Waals surface area contributed by atoms with Crippen molar-refractivity contribution in [3.05, 3.63) is 53.9 Å². The van der Waals surface area contributed by atoms with Gasteiger partial charge in [-0.3, -0.25) is 10.4 Å². The summed E-state index contributed by atoms with van der Waals surface area (Å²) in [6.45, 7) is 2.90.